The van der Waals surface area contributed by atoms with Crippen molar-refractivity contribution in [2.45, 2.75) is 33.6 Å². The zero-order chi connectivity index (χ0) is 13.3. The second-order valence-electron chi connectivity index (χ2n) is 4.81. The molecular formula is C14H18N4. The maximum atomic E-state index is 6.01. The lowest BCUT2D eigenvalue weighted by Crippen LogP contribution is -2.07. The van der Waals surface area contributed by atoms with Crippen LogP contribution in [-0.2, 0) is 0 Å². The summed E-state index contributed by atoms with van der Waals surface area (Å²) in [5.41, 5.74) is 9.83. The highest BCUT2D eigenvalue weighted by Crippen LogP contribution is 2.25. The van der Waals surface area contributed by atoms with E-state index in [-0.39, 0.29) is 0 Å². The molecule has 94 valence electrons. The number of aromatic nitrogens is 3. The summed E-state index contributed by atoms with van der Waals surface area (Å²) in [5, 5.41) is 0. The standard InChI is InChI=1S/C14H18N4/c1-8(2)12-10(4)17-14(18-13(12)15)11-6-5-9(3)7-16-11/h5-8H,1-4H3,(H2,15,17,18). The molecule has 0 saturated carbocycles. The topological polar surface area (TPSA) is 64.7 Å². The lowest BCUT2D eigenvalue weighted by atomic mass is 10.0. The minimum absolute atomic E-state index is 0.324. The predicted molar refractivity (Wildman–Crippen MR) is 73.2 cm³/mol. The van der Waals surface area contributed by atoms with Gasteiger partial charge >= 0.3 is 0 Å². The maximum Gasteiger partial charge on any atom is 0.180 e. The molecule has 2 N–H and O–H groups in total. The van der Waals surface area contributed by atoms with Gasteiger partial charge in [0.1, 0.15) is 11.5 Å². The molecule has 0 aliphatic rings. The molecule has 0 amide bonds. The molecule has 18 heavy (non-hydrogen) atoms. The fraction of sp³-hybridized carbons (Fsp3) is 0.357. The fourth-order valence-corrected chi connectivity index (χ4v) is 2.03. The van der Waals surface area contributed by atoms with Crippen molar-refractivity contribution < 1.29 is 0 Å². The van der Waals surface area contributed by atoms with Crippen molar-refractivity contribution in [1.29, 1.82) is 0 Å². The van der Waals surface area contributed by atoms with Gasteiger partial charge < -0.3 is 5.73 Å². The monoisotopic (exact) mass is 242 g/mol. The van der Waals surface area contributed by atoms with Gasteiger partial charge in [0, 0.05) is 17.5 Å². The van der Waals surface area contributed by atoms with E-state index in [4.69, 9.17) is 5.73 Å². The van der Waals surface area contributed by atoms with Crippen molar-refractivity contribution in [3.8, 4) is 11.5 Å². The first kappa shape index (κ1) is 12.5. The van der Waals surface area contributed by atoms with Crippen LogP contribution in [0.5, 0.6) is 0 Å². The third-order valence-electron chi connectivity index (χ3n) is 2.88. The normalized spacial score (nSPS) is 10.9. The van der Waals surface area contributed by atoms with Crippen LogP contribution in [0.3, 0.4) is 0 Å². The average molecular weight is 242 g/mol. The largest absolute Gasteiger partial charge is 0.383 e. The van der Waals surface area contributed by atoms with Crippen LogP contribution in [0.4, 0.5) is 5.82 Å². The Bertz CT molecular complexity index is 536. The number of hydrogen-bond acceptors (Lipinski definition) is 4. The van der Waals surface area contributed by atoms with E-state index in [9.17, 15) is 0 Å². The van der Waals surface area contributed by atoms with Crippen LogP contribution in [-0.4, -0.2) is 15.0 Å². The Hall–Kier alpha value is -1.97. The lowest BCUT2D eigenvalue weighted by Gasteiger charge is -2.12. The molecule has 0 unspecified atom stereocenters. The fourth-order valence-electron chi connectivity index (χ4n) is 2.03. The molecule has 4 heteroatoms. The highest BCUT2D eigenvalue weighted by atomic mass is 15.0. The van der Waals surface area contributed by atoms with Crippen molar-refractivity contribution in [2.75, 3.05) is 5.73 Å². The molecule has 0 radical (unpaired) electrons. The Morgan fingerprint density at radius 2 is 1.83 bits per heavy atom. The first-order valence-corrected chi connectivity index (χ1v) is 6.06. The van der Waals surface area contributed by atoms with E-state index >= 15 is 0 Å². The molecule has 2 heterocycles. The van der Waals surface area contributed by atoms with Crippen LogP contribution < -0.4 is 5.73 Å². The van der Waals surface area contributed by atoms with E-state index in [0.29, 0.717) is 17.6 Å². The van der Waals surface area contributed by atoms with Crippen LogP contribution in [0.1, 0.15) is 36.6 Å². The molecule has 0 aliphatic heterocycles. The van der Waals surface area contributed by atoms with Crippen LogP contribution in [0.25, 0.3) is 11.5 Å². The molecule has 0 fully saturated rings. The molecule has 0 aromatic carbocycles. The predicted octanol–water partition coefficient (Wildman–Crippen LogP) is 2.86. The van der Waals surface area contributed by atoms with Crippen molar-refractivity contribution >= 4 is 5.82 Å². The van der Waals surface area contributed by atoms with Crippen LogP contribution >= 0.6 is 0 Å². The first-order valence-electron chi connectivity index (χ1n) is 6.06. The Labute approximate surface area is 107 Å². The van der Waals surface area contributed by atoms with Gasteiger partial charge in [-0.05, 0) is 31.4 Å². The molecule has 4 nitrogen and oxygen atoms in total. The second kappa shape index (κ2) is 4.72. The number of nitrogens with zero attached hydrogens (tertiary/aromatic N) is 3. The molecule has 2 rings (SSSR count). The van der Waals surface area contributed by atoms with Crippen LogP contribution in [0.2, 0.25) is 0 Å². The SMILES string of the molecule is Cc1ccc(-c2nc(C)c(C(C)C)c(N)n2)nc1. The molecule has 0 aliphatic carbocycles. The van der Waals surface area contributed by atoms with E-state index in [2.05, 4.69) is 28.8 Å². The Morgan fingerprint density at radius 3 is 2.33 bits per heavy atom. The zero-order valence-corrected chi connectivity index (χ0v) is 11.2. The number of rotatable bonds is 2. The summed E-state index contributed by atoms with van der Waals surface area (Å²) in [6, 6.07) is 3.91. The number of pyridine rings is 1. The minimum Gasteiger partial charge on any atom is -0.383 e. The summed E-state index contributed by atoms with van der Waals surface area (Å²) in [5.74, 6) is 1.47. The van der Waals surface area contributed by atoms with Crippen LogP contribution in [0.15, 0.2) is 18.3 Å². The minimum atomic E-state index is 0.324. The quantitative estimate of drug-likeness (QED) is 0.879. The summed E-state index contributed by atoms with van der Waals surface area (Å²) in [6.45, 7) is 8.14. The van der Waals surface area contributed by atoms with Gasteiger partial charge in [-0.2, -0.15) is 0 Å². The first-order chi connectivity index (χ1) is 8.49. The van der Waals surface area contributed by atoms with E-state index in [1.807, 2.05) is 26.0 Å². The molecule has 0 saturated heterocycles. The van der Waals surface area contributed by atoms with E-state index < -0.39 is 0 Å². The lowest BCUT2D eigenvalue weighted by molar-refractivity contribution is 0.835. The maximum absolute atomic E-state index is 6.01. The smallest absolute Gasteiger partial charge is 0.180 e. The Balaban J connectivity index is 2.51. The third kappa shape index (κ3) is 2.32. The molecule has 2 aromatic rings. The summed E-state index contributed by atoms with van der Waals surface area (Å²) in [7, 11) is 0. The van der Waals surface area contributed by atoms with Gasteiger partial charge in [0.25, 0.3) is 0 Å². The summed E-state index contributed by atoms with van der Waals surface area (Å²) in [6.07, 6.45) is 1.81. The molecular weight excluding hydrogens is 224 g/mol. The van der Waals surface area contributed by atoms with Gasteiger partial charge in [0.2, 0.25) is 0 Å². The van der Waals surface area contributed by atoms with Crippen LogP contribution in [0, 0.1) is 13.8 Å². The van der Waals surface area contributed by atoms with Gasteiger partial charge in [0.15, 0.2) is 5.82 Å². The number of anilines is 1. The van der Waals surface area contributed by atoms with Gasteiger partial charge in [-0.3, -0.25) is 4.98 Å². The highest BCUT2D eigenvalue weighted by Gasteiger charge is 2.13. The Kier molecular flexibility index (Phi) is 3.28. The van der Waals surface area contributed by atoms with Crippen molar-refractivity contribution in [3.05, 3.63) is 35.2 Å². The Morgan fingerprint density at radius 1 is 1.11 bits per heavy atom. The summed E-state index contributed by atoms with van der Waals surface area (Å²) < 4.78 is 0. The van der Waals surface area contributed by atoms with Gasteiger partial charge in [-0.15, -0.1) is 0 Å². The molecule has 0 spiro atoms. The summed E-state index contributed by atoms with van der Waals surface area (Å²) in [4.78, 5) is 13.2. The second-order valence-corrected chi connectivity index (χ2v) is 4.81. The van der Waals surface area contributed by atoms with Gasteiger partial charge in [0.05, 0.1) is 0 Å². The summed E-state index contributed by atoms with van der Waals surface area (Å²) >= 11 is 0. The van der Waals surface area contributed by atoms with E-state index in [1.54, 1.807) is 6.20 Å². The zero-order valence-electron chi connectivity index (χ0n) is 11.2. The molecule has 0 bridgehead atoms. The molecule has 0 atom stereocenters. The van der Waals surface area contributed by atoms with Crippen molar-refractivity contribution in [2.24, 2.45) is 0 Å². The number of hydrogen-bond donors (Lipinski definition) is 1. The highest BCUT2D eigenvalue weighted by molar-refractivity contribution is 5.55. The number of nitrogens with two attached hydrogens (primary N) is 1. The number of aryl methyl sites for hydroxylation is 2. The van der Waals surface area contributed by atoms with Crippen molar-refractivity contribution in [3.63, 3.8) is 0 Å². The van der Waals surface area contributed by atoms with Gasteiger partial charge in [-0.1, -0.05) is 19.9 Å². The van der Waals surface area contributed by atoms with E-state index in [0.717, 1.165) is 22.5 Å². The van der Waals surface area contributed by atoms with E-state index in [1.165, 1.54) is 0 Å². The third-order valence-corrected chi connectivity index (χ3v) is 2.88. The van der Waals surface area contributed by atoms with Gasteiger partial charge in [-0.25, -0.2) is 9.97 Å². The number of nitrogen functional groups attached to an aromatic ring is 1. The van der Waals surface area contributed by atoms with Crippen molar-refractivity contribution in [1.82, 2.24) is 15.0 Å². The average Bonchev–Trinajstić information content (AvgIpc) is 2.28. The molecule has 2 aromatic heterocycles.